The van der Waals surface area contributed by atoms with Crippen LogP contribution in [0.3, 0.4) is 0 Å². The first kappa shape index (κ1) is 14.8. The van der Waals surface area contributed by atoms with Crippen LogP contribution in [0.1, 0.15) is 35.1 Å². The lowest BCUT2D eigenvalue weighted by Crippen LogP contribution is -2.46. The van der Waals surface area contributed by atoms with Crippen molar-refractivity contribution in [2.45, 2.75) is 26.1 Å². The highest BCUT2D eigenvalue weighted by Gasteiger charge is 2.33. The number of nitrogens with one attached hydrogen (secondary N) is 1. The van der Waals surface area contributed by atoms with Gasteiger partial charge in [0.15, 0.2) is 11.9 Å². The number of aromatic amines is 1. The SMILES string of the molecule is Cc1noc([C@H]2CN(C(=O)c3cccc4[nH]ncc34)C[C@@H](C)O2)n1. The van der Waals surface area contributed by atoms with Gasteiger partial charge in [-0.1, -0.05) is 11.2 Å². The molecule has 3 aromatic rings. The van der Waals surface area contributed by atoms with E-state index < -0.39 is 6.10 Å². The van der Waals surface area contributed by atoms with E-state index in [1.807, 2.05) is 25.1 Å². The van der Waals surface area contributed by atoms with Gasteiger partial charge in [0.2, 0.25) is 0 Å². The number of carbonyl (C=O) groups is 1. The van der Waals surface area contributed by atoms with Gasteiger partial charge in [-0.15, -0.1) is 0 Å². The molecule has 0 spiro atoms. The molecule has 1 saturated heterocycles. The van der Waals surface area contributed by atoms with Gasteiger partial charge in [0.05, 0.1) is 29.9 Å². The first-order chi connectivity index (χ1) is 11.6. The van der Waals surface area contributed by atoms with Crippen LogP contribution in [-0.4, -0.2) is 50.3 Å². The molecule has 124 valence electrons. The van der Waals surface area contributed by atoms with E-state index in [-0.39, 0.29) is 12.0 Å². The maximum absolute atomic E-state index is 13.0. The predicted octanol–water partition coefficient (Wildman–Crippen LogP) is 1.86. The van der Waals surface area contributed by atoms with E-state index in [2.05, 4.69) is 20.3 Å². The van der Waals surface area contributed by atoms with Crippen LogP contribution in [-0.2, 0) is 4.74 Å². The maximum Gasteiger partial charge on any atom is 0.257 e. The summed E-state index contributed by atoms with van der Waals surface area (Å²) in [6.07, 6.45) is 1.14. The normalized spacial score (nSPS) is 21.3. The van der Waals surface area contributed by atoms with E-state index in [1.165, 1.54) is 0 Å². The van der Waals surface area contributed by atoms with Crippen LogP contribution < -0.4 is 0 Å². The van der Waals surface area contributed by atoms with Gasteiger partial charge < -0.3 is 14.2 Å². The van der Waals surface area contributed by atoms with Gasteiger partial charge in [-0.3, -0.25) is 9.89 Å². The minimum atomic E-state index is -0.414. The van der Waals surface area contributed by atoms with Crippen molar-refractivity contribution in [1.82, 2.24) is 25.2 Å². The van der Waals surface area contributed by atoms with Crippen molar-refractivity contribution in [1.29, 1.82) is 0 Å². The minimum Gasteiger partial charge on any atom is -0.362 e. The fraction of sp³-hybridized carbons (Fsp3) is 0.375. The number of fused-ring (bicyclic) bond motifs is 1. The summed E-state index contributed by atoms with van der Waals surface area (Å²) in [6, 6.07) is 5.55. The Bertz CT molecular complexity index is 887. The van der Waals surface area contributed by atoms with Crippen molar-refractivity contribution in [2.75, 3.05) is 13.1 Å². The molecule has 0 unspecified atom stereocenters. The molecule has 2 atom stereocenters. The number of nitrogens with zero attached hydrogens (tertiary/aromatic N) is 4. The molecule has 1 fully saturated rings. The molecule has 4 rings (SSSR count). The number of rotatable bonds is 2. The van der Waals surface area contributed by atoms with Gasteiger partial charge >= 0.3 is 0 Å². The molecule has 1 aromatic carbocycles. The van der Waals surface area contributed by atoms with Crippen LogP contribution in [0.15, 0.2) is 28.9 Å². The summed E-state index contributed by atoms with van der Waals surface area (Å²) in [4.78, 5) is 19.0. The second-order valence-electron chi connectivity index (χ2n) is 5.96. The molecule has 0 saturated carbocycles. The molecule has 1 N–H and O–H groups in total. The summed E-state index contributed by atoms with van der Waals surface area (Å²) >= 11 is 0. The number of hydrogen-bond acceptors (Lipinski definition) is 6. The zero-order valence-corrected chi connectivity index (χ0v) is 13.4. The van der Waals surface area contributed by atoms with Gasteiger partial charge in [-0.2, -0.15) is 10.1 Å². The van der Waals surface area contributed by atoms with E-state index in [1.54, 1.807) is 18.0 Å². The standard InChI is InChI=1S/C16H17N5O3/c1-9-7-21(8-14(23-9)15-18-10(2)20-24-15)16(22)11-4-3-5-13-12(11)6-17-19-13/h3-6,9,14H,7-8H2,1-2H3,(H,17,19)/t9-,14-/m1/s1. The minimum absolute atomic E-state index is 0.0570. The zero-order chi connectivity index (χ0) is 16.7. The number of hydrogen-bond donors (Lipinski definition) is 1. The smallest absolute Gasteiger partial charge is 0.257 e. The molecular weight excluding hydrogens is 310 g/mol. The van der Waals surface area contributed by atoms with Gasteiger partial charge in [-0.05, 0) is 26.0 Å². The summed E-state index contributed by atoms with van der Waals surface area (Å²) in [6.45, 7) is 4.56. The Hall–Kier alpha value is -2.74. The third kappa shape index (κ3) is 2.54. The van der Waals surface area contributed by atoms with E-state index >= 15 is 0 Å². The number of aryl methyl sites for hydroxylation is 1. The molecule has 8 nitrogen and oxygen atoms in total. The molecule has 3 heterocycles. The number of H-pyrrole nitrogens is 1. The molecule has 1 aliphatic rings. The van der Waals surface area contributed by atoms with Gasteiger partial charge in [0.1, 0.15) is 0 Å². The highest BCUT2D eigenvalue weighted by Crippen LogP contribution is 2.26. The molecule has 0 radical (unpaired) electrons. The number of ether oxygens (including phenoxy) is 1. The second-order valence-corrected chi connectivity index (χ2v) is 5.96. The van der Waals surface area contributed by atoms with Gasteiger partial charge in [0, 0.05) is 11.9 Å². The fourth-order valence-corrected chi connectivity index (χ4v) is 3.02. The average molecular weight is 327 g/mol. The number of morpholine rings is 1. The molecule has 0 bridgehead atoms. The van der Waals surface area contributed by atoms with Crippen molar-refractivity contribution in [3.63, 3.8) is 0 Å². The van der Waals surface area contributed by atoms with Crippen molar-refractivity contribution in [2.24, 2.45) is 0 Å². The van der Waals surface area contributed by atoms with Crippen molar-refractivity contribution in [3.8, 4) is 0 Å². The summed E-state index contributed by atoms with van der Waals surface area (Å²) in [7, 11) is 0. The monoisotopic (exact) mass is 327 g/mol. The molecule has 8 heteroatoms. The molecule has 1 aliphatic heterocycles. The van der Waals surface area contributed by atoms with Crippen molar-refractivity contribution in [3.05, 3.63) is 41.7 Å². The Morgan fingerprint density at radius 3 is 3.04 bits per heavy atom. The number of carbonyl (C=O) groups excluding carboxylic acids is 1. The average Bonchev–Trinajstić information content (AvgIpc) is 3.22. The highest BCUT2D eigenvalue weighted by molar-refractivity contribution is 6.06. The predicted molar refractivity (Wildman–Crippen MR) is 84.3 cm³/mol. The van der Waals surface area contributed by atoms with E-state index in [4.69, 9.17) is 9.26 Å². The molecule has 24 heavy (non-hydrogen) atoms. The molecule has 1 amide bonds. The topological polar surface area (TPSA) is 97.1 Å². The summed E-state index contributed by atoms with van der Waals surface area (Å²) < 4.78 is 11.1. The van der Waals surface area contributed by atoms with Crippen LogP contribution >= 0.6 is 0 Å². The van der Waals surface area contributed by atoms with E-state index in [0.717, 1.165) is 10.9 Å². The van der Waals surface area contributed by atoms with Crippen molar-refractivity contribution >= 4 is 16.8 Å². The number of aromatic nitrogens is 4. The number of benzene rings is 1. The largest absolute Gasteiger partial charge is 0.362 e. The summed E-state index contributed by atoms with van der Waals surface area (Å²) in [5.41, 5.74) is 1.46. The highest BCUT2D eigenvalue weighted by atomic mass is 16.5. The summed E-state index contributed by atoms with van der Waals surface area (Å²) in [5.74, 6) is 0.893. The van der Waals surface area contributed by atoms with Crippen molar-refractivity contribution < 1.29 is 14.1 Å². The molecular formula is C16H17N5O3. The van der Waals surface area contributed by atoms with E-state index in [9.17, 15) is 4.79 Å². The summed E-state index contributed by atoms with van der Waals surface area (Å²) in [5, 5.41) is 11.5. The second kappa shape index (κ2) is 5.72. The lowest BCUT2D eigenvalue weighted by atomic mass is 10.1. The van der Waals surface area contributed by atoms with Crippen LogP contribution in [0.25, 0.3) is 10.9 Å². The fourth-order valence-electron chi connectivity index (χ4n) is 3.02. The van der Waals surface area contributed by atoms with Gasteiger partial charge in [-0.25, -0.2) is 0 Å². The quantitative estimate of drug-likeness (QED) is 0.771. The Morgan fingerprint density at radius 2 is 2.25 bits per heavy atom. The first-order valence-electron chi connectivity index (χ1n) is 7.79. The molecule has 2 aromatic heterocycles. The maximum atomic E-state index is 13.0. The lowest BCUT2D eigenvalue weighted by molar-refractivity contribution is -0.0809. The Kier molecular flexibility index (Phi) is 3.53. The third-order valence-electron chi connectivity index (χ3n) is 4.08. The van der Waals surface area contributed by atoms with E-state index in [0.29, 0.717) is 30.4 Å². The van der Waals surface area contributed by atoms with Crippen LogP contribution in [0.5, 0.6) is 0 Å². The Labute approximate surface area is 137 Å². The molecule has 0 aliphatic carbocycles. The Morgan fingerprint density at radius 1 is 1.38 bits per heavy atom. The Balaban J connectivity index is 1.63. The van der Waals surface area contributed by atoms with Crippen LogP contribution in [0.4, 0.5) is 0 Å². The van der Waals surface area contributed by atoms with Gasteiger partial charge in [0.25, 0.3) is 11.8 Å². The lowest BCUT2D eigenvalue weighted by Gasteiger charge is -2.35. The van der Waals surface area contributed by atoms with Crippen LogP contribution in [0.2, 0.25) is 0 Å². The zero-order valence-electron chi connectivity index (χ0n) is 13.4. The number of amides is 1. The first-order valence-corrected chi connectivity index (χ1v) is 7.79. The third-order valence-corrected chi connectivity index (χ3v) is 4.08. The van der Waals surface area contributed by atoms with Crippen LogP contribution in [0, 0.1) is 6.92 Å².